The van der Waals surface area contributed by atoms with Gasteiger partial charge in [0, 0.05) is 28.6 Å². The van der Waals surface area contributed by atoms with Crippen LogP contribution in [0.1, 0.15) is 18.4 Å². The van der Waals surface area contributed by atoms with Crippen LogP contribution in [0.5, 0.6) is 0 Å². The Balaban J connectivity index is 1.67. The summed E-state index contributed by atoms with van der Waals surface area (Å²) in [5.74, 6) is 0.00708. The second-order valence-electron chi connectivity index (χ2n) is 6.33. The van der Waals surface area contributed by atoms with E-state index in [0.717, 1.165) is 16.6 Å². The number of amides is 1. The fourth-order valence-corrected chi connectivity index (χ4v) is 4.41. The molecule has 1 fully saturated rings. The van der Waals surface area contributed by atoms with Crippen molar-refractivity contribution < 1.29 is 9.53 Å². The van der Waals surface area contributed by atoms with E-state index in [1.54, 1.807) is 11.3 Å². The molecule has 25 heavy (non-hydrogen) atoms. The average Bonchev–Trinajstić information content (AvgIpc) is 3.10. The lowest BCUT2D eigenvalue weighted by molar-refractivity contribution is -0.125. The molecule has 1 aromatic heterocycles. The van der Waals surface area contributed by atoms with Crippen LogP contribution in [0.25, 0.3) is 10.1 Å². The van der Waals surface area contributed by atoms with Crippen molar-refractivity contribution in [1.29, 1.82) is 0 Å². The number of thiophene rings is 1. The summed E-state index contributed by atoms with van der Waals surface area (Å²) in [5, 5.41) is 6.97. The van der Waals surface area contributed by atoms with Crippen LogP contribution in [-0.4, -0.2) is 19.1 Å². The maximum atomic E-state index is 13.3. The number of hydrogen-bond donors (Lipinski definition) is 1. The van der Waals surface area contributed by atoms with Crippen LogP contribution in [-0.2, 0) is 14.9 Å². The van der Waals surface area contributed by atoms with Crippen molar-refractivity contribution >= 4 is 44.6 Å². The molecule has 1 amide bonds. The molecule has 1 aliphatic rings. The molecule has 0 saturated carbocycles. The van der Waals surface area contributed by atoms with Gasteiger partial charge in [-0.3, -0.25) is 4.79 Å². The summed E-state index contributed by atoms with van der Waals surface area (Å²) < 4.78 is 6.73. The zero-order chi connectivity index (χ0) is 17.3. The first kappa shape index (κ1) is 16.6. The Kier molecular flexibility index (Phi) is 4.50. The van der Waals surface area contributed by atoms with Gasteiger partial charge < -0.3 is 10.1 Å². The van der Waals surface area contributed by atoms with E-state index in [2.05, 4.69) is 16.8 Å². The summed E-state index contributed by atoms with van der Waals surface area (Å²) in [4.78, 5) is 13.3. The highest BCUT2D eigenvalue weighted by Gasteiger charge is 2.41. The first-order valence-electron chi connectivity index (χ1n) is 8.30. The second kappa shape index (κ2) is 6.79. The summed E-state index contributed by atoms with van der Waals surface area (Å²) in [6.45, 7) is 1.15. The summed E-state index contributed by atoms with van der Waals surface area (Å²) in [6.07, 6.45) is 1.31. The molecule has 2 heterocycles. The van der Waals surface area contributed by atoms with Gasteiger partial charge in [0.15, 0.2) is 0 Å². The highest BCUT2D eigenvalue weighted by atomic mass is 35.5. The number of benzene rings is 2. The van der Waals surface area contributed by atoms with Crippen LogP contribution >= 0.6 is 22.9 Å². The average molecular weight is 372 g/mol. The molecule has 0 bridgehead atoms. The van der Waals surface area contributed by atoms with Gasteiger partial charge in [-0.2, -0.15) is 0 Å². The summed E-state index contributed by atoms with van der Waals surface area (Å²) in [6, 6.07) is 15.7. The van der Waals surface area contributed by atoms with Crippen molar-refractivity contribution in [2.75, 3.05) is 18.5 Å². The minimum absolute atomic E-state index is 0.00708. The first-order valence-corrected chi connectivity index (χ1v) is 9.56. The number of anilines is 1. The van der Waals surface area contributed by atoms with Gasteiger partial charge in [-0.15, -0.1) is 11.3 Å². The van der Waals surface area contributed by atoms with E-state index in [9.17, 15) is 4.79 Å². The molecule has 0 spiro atoms. The number of rotatable bonds is 3. The third-order valence-electron chi connectivity index (χ3n) is 4.87. The topological polar surface area (TPSA) is 38.3 Å². The van der Waals surface area contributed by atoms with Crippen LogP contribution < -0.4 is 5.32 Å². The molecule has 0 aliphatic carbocycles. The lowest BCUT2D eigenvalue weighted by Crippen LogP contribution is -2.44. The quantitative estimate of drug-likeness (QED) is 0.683. The van der Waals surface area contributed by atoms with Gasteiger partial charge in [-0.1, -0.05) is 23.7 Å². The van der Waals surface area contributed by atoms with Crippen molar-refractivity contribution in [3.63, 3.8) is 0 Å². The predicted octanol–water partition coefficient (Wildman–Crippen LogP) is 5.24. The molecule has 4 rings (SSSR count). The van der Waals surface area contributed by atoms with E-state index in [4.69, 9.17) is 16.3 Å². The number of halogens is 1. The number of ether oxygens (including phenoxy) is 1. The standard InChI is InChI=1S/C20H18ClNO2S/c21-16-3-1-2-15(13-16)20(7-9-24-10-8-20)19(23)22-17-4-5-18-14(12-17)6-11-25-18/h1-6,11-13H,7-10H2,(H,22,23). The molecule has 3 nitrogen and oxygen atoms in total. The Morgan fingerprint density at radius 2 is 1.96 bits per heavy atom. The van der Waals surface area contributed by atoms with Crippen molar-refractivity contribution in [1.82, 2.24) is 0 Å². The fourth-order valence-electron chi connectivity index (χ4n) is 3.45. The first-order chi connectivity index (χ1) is 12.2. The molecule has 3 aromatic rings. The van der Waals surface area contributed by atoms with Gasteiger partial charge in [0.05, 0.1) is 5.41 Å². The Hall–Kier alpha value is -1.88. The van der Waals surface area contributed by atoms with Gasteiger partial charge in [0.1, 0.15) is 0 Å². The highest BCUT2D eigenvalue weighted by Crippen LogP contribution is 2.37. The number of carbonyl (C=O) groups is 1. The SMILES string of the molecule is O=C(Nc1ccc2sccc2c1)C1(c2cccc(Cl)c2)CCOCC1. The third-order valence-corrected chi connectivity index (χ3v) is 6.00. The molecule has 1 aliphatic heterocycles. The molecular formula is C20H18ClNO2S. The van der Waals surface area contributed by atoms with Gasteiger partial charge in [0.2, 0.25) is 5.91 Å². The zero-order valence-corrected chi connectivity index (χ0v) is 15.2. The van der Waals surface area contributed by atoms with Crippen LogP contribution in [0.15, 0.2) is 53.9 Å². The van der Waals surface area contributed by atoms with Crippen LogP contribution in [0.2, 0.25) is 5.02 Å². The van der Waals surface area contributed by atoms with Crippen LogP contribution in [0, 0.1) is 0 Å². The van der Waals surface area contributed by atoms with Crippen molar-refractivity contribution in [3.05, 3.63) is 64.5 Å². The normalized spacial score (nSPS) is 16.7. The number of nitrogens with one attached hydrogen (secondary N) is 1. The highest BCUT2D eigenvalue weighted by molar-refractivity contribution is 7.17. The maximum Gasteiger partial charge on any atom is 0.235 e. The number of fused-ring (bicyclic) bond motifs is 1. The fraction of sp³-hybridized carbons (Fsp3) is 0.250. The van der Waals surface area contributed by atoms with E-state index in [-0.39, 0.29) is 5.91 Å². The van der Waals surface area contributed by atoms with E-state index >= 15 is 0 Å². The zero-order valence-electron chi connectivity index (χ0n) is 13.6. The lowest BCUT2D eigenvalue weighted by Gasteiger charge is -2.36. The molecule has 2 aromatic carbocycles. The van der Waals surface area contributed by atoms with Crippen LogP contribution in [0.4, 0.5) is 5.69 Å². The summed E-state index contributed by atoms with van der Waals surface area (Å²) in [7, 11) is 0. The van der Waals surface area contributed by atoms with Crippen molar-refractivity contribution in [2.24, 2.45) is 0 Å². The third kappa shape index (κ3) is 3.17. The predicted molar refractivity (Wildman–Crippen MR) is 104 cm³/mol. The molecule has 5 heteroatoms. The Morgan fingerprint density at radius 3 is 2.76 bits per heavy atom. The molecular weight excluding hydrogens is 354 g/mol. The molecule has 1 saturated heterocycles. The lowest BCUT2D eigenvalue weighted by atomic mass is 9.73. The smallest absolute Gasteiger partial charge is 0.235 e. The molecule has 0 atom stereocenters. The summed E-state index contributed by atoms with van der Waals surface area (Å²) in [5.41, 5.74) is 1.17. The Bertz CT molecular complexity index is 915. The monoisotopic (exact) mass is 371 g/mol. The largest absolute Gasteiger partial charge is 0.381 e. The Labute approximate surface area is 155 Å². The molecule has 0 radical (unpaired) electrons. The number of hydrogen-bond acceptors (Lipinski definition) is 3. The molecule has 128 valence electrons. The molecule has 1 N–H and O–H groups in total. The van der Waals surface area contributed by atoms with E-state index in [1.807, 2.05) is 42.5 Å². The van der Waals surface area contributed by atoms with E-state index in [0.29, 0.717) is 31.1 Å². The van der Waals surface area contributed by atoms with Crippen LogP contribution in [0.3, 0.4) is 0 Å². The second-order valence-corrected chi connectivity index (χ2v) is 7.72. The van der Waals surface area contributed by atoms with E-state index in [1.165, 1.54) is 4.70 Å². The minimum atomic E-state index is -0.604. The van der Waals surface area contributed by atoms with Crippen molar-refractivity contribution in [2.45, 2.75) is 18.3 Å². The van der Waals surface area contributed by atoms with Gasteiger partial charge in [0.25, 0.3) is 0 Å². The summed E-state index contributed by atoms with van der Waals surface area (Å²) >= 11 is 7.88. The van der Waals surface area contributed by atoms with Crippen molar-refractivity contribution in [3.8, 4) is 0 Å². The van der Waals surface area contributed by atoms with Gasteiger partial charge in [-0.05, 0) is 65.6 Å². The van der Waals surface area contributed by atoms with E-state index < -0.39 is 5.41 Å². The number of carbonyl (C=O) groups excluding carboxylic acids is 1. The maximum absolute atomic E-state index is 13.3. The Morgan fingerprint density at radius 1 is 1.12 bits per heavy atom. The molecule has 0 unspecified atom stereocenters. The minimum Gasteiger partial charge on any atom is -0.381 e. The van der Waals surface area contributed by atoms with Gasteiger partial charge in [-0.25, -0.2) is 0 Å². The van der Waals surface area contributed by atoms with Gasteiger partial charge >= 0.3 is 0 Å².